The van der Waals surface area contributed by atoms with Crippen LogP contribution in [0.25, 0.3) is 0 Å². The van der Waals surface area contributed by atoms with Gasteiger partial charge in [0, 0.05) is 25.8 Å². The Hall–Kier alpha value is -1.92. The fourth-order valence-electron chi connectivity index (χ4n) is 3.71. The van der Waals surface area contributed by atoms with Crippen LogP contribution in [0.2, 0.25) is 0 Å². The molecule has 0 radical (unpaired) electrons. The smallest absolute Gasteiger partial charge is 0.241 e. The molecule has 5 nitrogen and oxygen atoms in total. The summed E-state index contributed by atoms with van der Waals surface area (Å²) in [6.07, 6.45) is 5.40. The third-order valence-corrected chi connectivity index (χ3v) is 6.54. The summed E-state index contributed by atoms with van der Waals surface area (Å²) < 4.78 is 28.4. The molecule has 1 fully saturated rings. The number of benzene rings is 1. The highest BCUT2D eigenvalue weighted by Crippen LogP contribution is 2.22. The molecule has 1 aromatic heterocycles. The Bertz CT molecular complexity index is 865. The van der Waals surface area contributed by atoms with Gasteiger partial charge in [0.2, 0.25) is 10.0 Å². The van der Waals surface area contributed by atoms with Gasteiger partial charge in [-0.3, -0.25) is 0 Å². The molecule has 2 aromatic rings. The molecule has 1 N–H and O–H groups in total. The van der Waals surface area contributed by atoms with E-state index < -0.39 is 10.0 Å². The van der Waals surface area contributed by atoms with Crippen molar-refractivity contribution in [3.05, 3.63) is 52.7 Å². The van der Waals surface area contributed by atoms with E-state index in [1.54, 1.807) is 6.20 Å². The van der Waals surface area contributed by atoms with Crippen molar-refractivity contribution in [3.8, 4) is 0 Å². The molecular formula is C20H27N3O2S. The minimum Gasteiger partial charge on any atom is -0.357 e. The standard InChI is InChI=1S/C20H27N3O2S/c1-15-11-16(2)20(17(3)12-15)26(24,25)22-14-18-7-8-21-19(13-18)23-9-5-4-6-10-23/h7-8,11-13,22H,4-6,9-10,14H2,1-3H3. The van der Waals surface area contributed by atoms with E-state index in [-0.39, 0.29) is 6.54 Å². The zero-order valence-electron chi connectivity index (χ0n) is 15.7. The number of hydrogen-bond donors (Lipinski definition) is 1. The molecule has 0 saturated carbocycles. The molecule has 6 heteroatoms. The van der Waals surface area contributed by atoms with Crippen LogP contribution in [0.15, 0.2) is 35.4 Å². The Labute approximate surface area is 156 Å². The molecule has 140 valence electrons. The first-order valence-corrected chi connectivity index (χ1v) is 10.6. The lowest BCUT2D eigenvalue weighted by molar-refractivity contribution is 0.572. The van der Waals surface area contributed by atoms with Crippen LogP contribution < -0.4 is 9.62 Å². The summed E-state index contributed by atoms with van der Waals surface area (Å²) in [4.78, 5) is 7.11. The van der Waals surface area contributed by atoms with Gasteiger partial charge in [-0.05, 0) is 68.9 Å². The first kappa shape index (κ1) is 18.9. The first-order chi connectivity index (χ1) is 12.4. The molecule has 0 unspecified atom stereocenters. The molecular weight excluding hydrogens is 346 g/mol. The predicted octanol–water partition coefficient (Wildman–Crippen LogP) is 3.48. The molecule has 1 aromatic carbocycles. The average Bonchev–Trinajstić information content (AvgIpc) is 2.60. The van der Waals surface area contributed by atoms with Gasteiger partial charge in [0.05, 0.1) is 4.90 Å². The van der Waals surface area contributed by atoms with Crippen LogP contribution in [0.1, 0.15) is 41.5 Å². The average molecular weight is 374 g/mol. The van der Waals surface area contributed by atoms with Crippen molar-refractivity contribution >= 4 is 15.8 Å². The number of pyridine rings is 1. The van der Waals surface area contributed by atoms with Gasteiger partial charge in [-0.25, -0.2) is 18.1 Å². The van der Waals surface area contributed by atoms with E-state index in [4.69, 9.17) is 0 Å². The van der Waals surface area contributed by atoms with Crippen LogP contribution >= 0.6 is 0 Å². The molecule has 0 spiro atoms. The van der Waals surface area contributed by atoms with Gasteiger partial charge in [-0.2, -0.15) is 0 Å². The number of sulfonamides is 1. The summed E-state index contributed by atoms with van der Waals surface area (Å²) in [7, 11) is -3.56. The summed E-state index contributed by atoms with van der Waals surface area (Å²) in [6.45, 7) is 7.96. The van der Waals surface area contributed by atoms with Gasteiger partial charge in [0.15, 0.2) is 0 Å². The van der Waals surface area contributed by atoms with Crippen molar-refractivity contribution in [2.24, 2.45) is 0 Å². The van der Waals surface area contributed by atoms with Crippen molar-refractivity contribution in [1.29, 1.82) is 0 Å². The van der Waals surface area contributed by atoms with Crippen LogP contribution in [-0.2, 0) is 16.6 Å². The van der Waals surface area contributed by atoms with Crippen molar-refractivity contribution in [3.63, 3.8) is 0 Å². The number of nitrogens with zero attached hydrogens (tertiary/aromatic N) is 2. The number of anilines is 1. The summed E-state index contributed by atoms with van der Waals surface area (Å²) in [5, 5.41) is 0. The number of aromatic nitrogens is 1. The number of aryl methyl sites for hydroxylation is 3. The topological polar surface area (TPSA) is 62.3 Å². The number of piperidine rings is 1. The number of nitrogens with one attached hydrogen (secondary N) is 1. The number of rotatable bonds is 5. The van der Waals surface area contributed by atoms with Crippen molar-refractivity contribution in [1.82, 2.24) is 9.71 Å². The normalized spacial score (nSPS) is 15.3. The van der Waals surface area contributed by atoms with Gasteiger partial charge < -0.3 is 4.90 Å². The van der Waals surface area contributed by atoms with Gasteiger partial charge in [-0.15, -0.1) is 0 Å². The van der Waals surface area contributed by atoms with Crippen LogP contribution in [0, 0.1) is 20.8 Å². The lowest BCUT2D eigenvalue weighted by Gasteiger charge is -2.27. The Morgan fingerprint density at radius 3 is 2.35 bits per heavy atom. The Kier molecular flexibility index (Phi) is 5.63. The van der Waals surface area contributed by atoms with Gasteiger partial charge in [0.25, 0.3) is 0 Å². The fourth-order valence-corrected chi connectivity index (χ4v) is 5.17. The van der Waals surface area contributed by atoms with Gasteiger partial charge in [0.1, 0.15) is 5.82 Å². The molecule has 26 heavy (non-hydrogen) atoms. The molecule has 1 saturated heterocycles. The maximum absolute atomic E-state index is 12.8. The molecule has 1 aliphatic rings. The zero-order chi connectivity index (χ0) is 18.7. The summed E-state index contributed by atoms with van der Waals surface area (Å²) in [6, 6.07) is 7.67. The molecule has 0 amide bonds. The van der Waals surface area contributed by atoms with E-state index in [0.29, 0.717) is 4.90 Å². The maximum Gasteiger partial charge on any atom is 0.241 e. The third kappa shape index (κ3) is 4.24. The number of hydrogen-bond acceptors (Lipinski definition) is 4. The van der Waals surface area contributed by atoms with Crippen LogP contribution in [0.5, 0.6) is 0 Å². The second-order valence-electron chi connectivity index (χ2n) is 7.12. The summed E-state index contributed by atoms with van der Waals surface area (Å²) in [5.74, 6) is 0.934. The lowest BCUT2D eigenvalue weighted by atomic mass is 10.1. The predicted molar refractivity (Wildman–Crippen MR) is 105 cm³/mol. The van der Waals surface area contributed by atoms with Crippen LogP contribution in [0.3, 0.4) is 0 Å². The van der Waals surface area contributed by atoms with Crippen LogP contribution in [-0.4, -0.2) is 26.5 Å². The minimum absolute atomic E-state index is 0.262. The molecule has 1 aliphatic heterocycles. The monoisotopic (exact) mass is 373 g/mol. The lowest BCUT2D eigenvalue weighted by Crippen LogP contribution is -2.30. The minimum atomic E-state index is -3.56. The van der Waals surface area contributed by atoms with Crippen molar-refractivity contribution in [2.75, 3.05) is 18.0 Å². The quantitative estimate of drug-likeness (QED) is 0.872. The molecule has 3 rings (SSSR count). The van der Waals surface area contributed by atoms with Crippen LogP contribution in [0.4, 0.5) is 5.82 Å². The van der Waals surface area contributed by atoms with E-state index in [2.05, 4.69) is 14.6 Å². The largest absolute Gasteiger partial charge is 0.357 e. The SMILES string of the molecule is Cc1cc(C)c(S(=O)(=O)NCc2ccnc(N3CCCCC3)c2)c(C)c1. The van der Waals surface area contributed by atoms with E-state index in [1.807, 2.05) is 45.0 Å². The van der Waals surface area contributed by atoms with Gasteiger partial charge in [-0.1, -0.05) is 17.7 Å². The maximum atomic E-state index is 12.8. The third-order valence-electron chi connectivity index (χ3n) is 4.83. The fraction of sp³-hybridized carbons (Fsp3) is 0.450. The molecule has 0 aliphatic carbocycles. The summed E-state index contributed by atoms with van der Waals surface area (Å²) in [5.41, 5.74) is 3.54. The molecule has 0 atom stereocenters. The highest BCUT2D eigenvalue weighted by Gasteiger charge is 2.20. The van der Waals surface area contributed by atoms with E-state index in [1.165, 1.54) is 19.3 Å². The summed E-state index contributed by atoms with van der Waals surface area (Å²) >= 11 is 0. The van der Waals surface area contributed by atoms with E-state index in [9.17, 15) is 8.42 Å². The highest BCUT2D eigenvalue weighted by molar-refractivity contribution is 7.89. The Balaban J connectivity index is 1.76. The second kappa shape index (κ2) is 7.76. The Morgan fingerprint density at radius 2 is 1.69 bits per heavy atom. The molecule has 2 heterocycles. The van der Waals surface area contributed by atoms with E-state index >= 15 is 0 Å². The van der Waals surface area contributed by atoms with E-state index in [0.717, 1.165) is 41.2 Å². The Morgan fingerprint density at radius 1 is 1.04 bits per heavy atom. The zero-order valence-corrected chi connectivity index (χ0v) is 16.6. The van der Waals surface area contributed by atoms with Crippen molar-refractivity contribution in [2.45, 2.75) is 51.5 Å². The van der Waals surface area contributed by atoms with Gasteiger partial charge >= 0.3 is 0 Å². The first-order valence-electron chi connectivity index (χ1n) is 9.14. The molecule has 0 bridgehead atoms. The van der Waals surface area contributed by atoms with Crippen molar-refractivity contribution < 1.29 is 8.42 Å². The highest BCUT2D eigenvalue weighted by atomic mass is 32.2. The second-order valence-corrected chi connectivity index (χ2v) is 8.83.